The zero-order chi connectivity index (χ0) is 14.2. The zero-order valence-corrected chi connectivity index (χ0v) is 12.9. The third-order valence-electron chi connectivity index (χ3n) is 4.32. The van der Waals surface area contributed by atoms with E-state index in [1.807, 2.05) is 0 Å². The van der Waals surface area contributed by atoms with Crippen LogP contribution in [0.3, 0.4) is 0 Å². The van der Waals surface area contributed by atoms with Gasteiger partial charge in [0, 0.05) is 22.8 Å². The first-order valence-electron chi connectivity index (χ1n) is 6.75. The number of allylic oxidation sites excluding steroid dienone is 2. The van der Waals surface area contributed by atoms with Crippen molar-refractivity contribution in [2.24, 2.45) is 16.2 Å². The Morgan fingerprint density at radius 2 is 1.67 bits per heavy atom. The van der Waals surface area contributed by atoms with Crippen molar-refractivity contribution in [2.45, 2.75) is 61.3 Å². The van der Waals surface area contributed by atoms with Crippen LogP contribution in [0, 0.1) is 28.1 Å². The van der Waals surface area contributed by atoms with Crippen LogP contribution in [0.25, 0.3) is 0 Å². The minimum atomic E-state index is 0.0264. The van der Waals surface area contributed by atoms with E-state index >= 15 is 0 Å². The fourth-order valence-electron chi connectivity index (χ4n) is 2.44. The number of hydrogen-bond donors (Lipinski definition) is 0. The Morgan fingerprint density at radius 3 is 2.11 bits per heavy atom. The van der Waals surface area contributed by atoms with Crippen LogP contribution < -0.4 is 0 Å². The van der Waals surface area contributed by atoms with Gasteiger partial charge < -0.3 is 4.79 Å². The van der Waals surface area contributed by atoms with Gasteiger partial charge in [-0.3, -0.25) is 0 Å². The van der Waals surface area contributed by atoms with E-state index in [9.17, 15) is 4.79 Å². The monoisotopic (exact) mass is 246 g/mol. The maximum atomic E-state index is 10.6. The Balaban J connectivity index is 3.15. The Kier molecular flexibility index (Phi) is 3.82. The molecule has 0 fully saturated rings. The van der Waals surface area contributed by atoms with Gasteiger partial charge in [-0.2, -0.15) is 0 Å². The van der Waals surface area contributed by atoms with Gasteiger partial charge >= 0.3 is 0 Å². The third-order valence-corrected chi connectivity index (χ3v) is 4.32. The molecular weight excluding hydrogens is 220 g/mol. The lowest BCUT2D eigenvalue weighted by molar-refractivity contribution is -0.107. The third kappa shape index (κ3) is 2.53. The van der Waals surface area contributed by atoms with Crippen molar-refractivity contribution in [3.05, 3.63) is 11.1 Å². The van der Waals surface area contributed by atoms with Gasteiger partial charge in [0.1, 0.15) is 6.29 Å². The quantitative estimate of drug-likeness (QED) is 0.533. The fourth-order valence-corrected chi connectivity index (χ4v) is 2.44. The standard InChI is InChI=1S/C17H26O/c1-15(2,3)11-10-14-13(9-8-12-18)16(4,5)17(14,6)7/h12H,8-9H2,1-7H3. The van der Waals surface area contributed by atoms with Crippen LogP contribution in [-0.4, -0.2) is 6.29 Å². The van der Waals surface area contributed by atoms with E-state index in [0.717, 1.165) is 12.7 Å². The highest BCUT2D eigenvalue weighted by atomic mass is 16.1. The lowest BCUT2D eigenvalue weighted by atomic mass is 9.49. The molecule has 0 aromatic carbocycles. The topological polar surface area (TPSA) is 17.1 Å². The van der Waals surface area contributed by atoms with Gasteiger partial charge in [-0.05, 0) is 32.6 Å². The van der Waals surface area contributed by atoms with Gasteiger partial charge in [-0.25, -0.2) is 0 Å². The predicted octanol–water partition coefficient (Wildman–Crippen LogP) is 4.38. The molecule has 0 N–H and O–H groups in total. The molecule has 1 rings (SSSR count). The van der Waals surface area contributed by atoms with E-state index in [1.165, 1.54) is 11.1 Å². The first-order chi connectivity index (χ1) is 8.04. The van der Waals surface area contributed by atoms with E-state index in [0.29, 0.717) is 6.42 Å². The average Bonchev–Trinajstić information content (AvgIpc) is 2.20. The summed E-state index contributed by atoms with van der Waals surface area (Å²) in [4.78, 5) is 10.6. The molecule has 0 heterocycles. The largest absolute Gasteiger partial charge is 0.303 e. The van der Waals surface area contributed by atoms with Gasteiger partial charge in [0.2, 0.25) is 0 Å². The molecule has 1 aliphatic rings. The summed E-state index contributed by atoms with van der Waals surface area (Å²) in [5, 5.41) is 0. The van der Waals surface area contributed by atoms with Crippen molar-refractivity contribution in [3.8, 4) is 11.8 Å². The summed E-state index contributed by atoms with van der Waals surface area (Å²) in [6.45, 7) is 15.4. The number of hydrogen-bond acceptors (Lipinski definition) is 1. The Labute approximate surface area is 112 Å². The summed E-state index contributed by atoms with van der Waals surface area (Å²) >= 11 is 0. The van der Waals surface area contributed by atoms with E-state index in [4.69, 9.17) is 0 Å². The number of aldehydes is 1. The van der Waals surface area contributed by atoms with E-state index in [1.54, 1.807) is 0 Å². The second-order valence-electron chi connectivity index (χ2n) is 7.31. The van der Waals surface area contributed by atoms with Gasteiger partial charge in [0.05, 0.1) is 0 Å². The molecule has 0 atom stereocenters. The van der Waals surface area contributed by atoms with Crippen LogP contribution >= 0.6 is 0 Å². The summed E-state index contributed by atoms with van der Waals surface area (Å²) in [5.41, 5.74) is 2.92. The van der Waals surface area contributed by atoms with Crippen LogP contribution in [0.5, 0.6) is 0 Å². The number of carbonyl (C=O) groups excluding carboxylic acids is 1. The molecule has 0 aliphatic heterocycles. The van der Waals surface area contributed by atoms with Gasteiger partial charge in [-0.1, -0.05) is 45.1 Å². The molecule has 100 valence electrons. The minimum absolute atomic E-state index is 0.0264. The van der Waals surface area contributed by atoms with Gasteiger partial charge in [-0.15, -0.1) is 0 Å². The maximum Gasteiger partial charge on any atom is 0.120 e. The van der Waals surface area contributed by atoms with Crippen LogP contribution in [0.2, 0.25) is 0 Å². The summed E-state index contributed by atoms with van der Waals surface area (Å²) in [7, 11) is 0. The predicted molar refractivity (Wildman–Crippen MR) is 77.1 cm³/mol. The highest BCUT2D eigenvalue weighted by molar-refractivity contribution is 5.56. The summed E-state index contributed by atoms with van der Waals surface area (Å²) in [6, 6.07) is 0. The molecule has 0 aromatic rings. The minimum Gasteiger partial charge on any atom is -0.303 e. The number of rotatable bonds is 3. The average molecular weight is 246 g/mol. The molecule has 1 nitrogen and oxygen atoms in total. The first-order valence-corrected chi connectivity index (χ1v) is 6.75. The molecule has 0 radical (unpaired) electrons. The molecule has 0 saturated carbocycles. The highest BCUT2D eigenvalue weighted by Crippen LogP contribution is 2.61. The first kappa shape index (κ1) is 15.0. The summed E-state index contributed by atoms with van der Waals surface area (Å²) < 4.78 is 0. The SMILES string of the molecule is CC(C)(C)C#CC1=C(CCC=O)C(C)(C)C1(C)C. The maximum absolute atomic E-state index is 10.6. The highest BCUT2D eigenvalue weighted by Gasteiger charge is 2.52. The van der Waals surface area contributed by atoms with E-state index < -0.39 is 0 Å². The molecule has 0 saturated heterocycles. The normalized spacial score (nSPS) is 20.8. The molecular formula is C17H26O. The molecule has 1 heteroatoms. The second kappa shape index (κ2) is 4.57. The summed E-state index contributed by atoms with van der Waals surface area (Å²) in [5.74, 6) is 6.71. The molecule has 18 heavy (non-hydrogen) atoms. The van der Waals surface area contributed by atoms with Crippen LogP contribution in [-0.2, 0) is 4.79 Å². The van der Waals surface area contributed by atoms with Crippen molar-refractivity contribution in [3.63, 3.8) is 0 Å². The Bertz CT molecular complexity index is 430. The molecule has 0 aromatic heterocycles. The molecule has 0 amide bonds. The van der Waals surface area contributed by atoms with E-state index in [-0.39, 0.29) is 16.2 Å². The van der Waals surface area contributed by atoms with Crippen LogP contribution in [0.15, 0.2) is 11.1 Å². The lowest BCUT2D eigenvalue weighted by Crippen LogP contribution is -2.46. The van der Waals surface area contributed by atoms with Gasteiger partial charge in [0.25, 0.3) is 0 Å². The van der Waals surface area contributed by atoms with Crippen LogP contribution in [0.4, 0.5) is 0 Å². The second-order valence-corrected chi connectivity index (χ2v) is 7.31. The lowest BCUT2D eigenvalue weighted by Gasteiger charge is -2.54. The molecule has 0 spiro atoms. The van der Waals surface area contributed by atoms with Crippen LogP contribution in [0.1, 0.15) is 61.3 Å². The Hall–Kier alpha value is -1.03. The molecule has 0 unspecified atom stereocenters. The smallest absolute Gasteiger partial charge is 0.120 e. The fraction of sp³-hybridized carbons (Fsp3) is 0.706. The van der Waals surface area contributed by atoms with Gasteiger partial charge in [0.15, 0.2) is 0 Å². The van der Waals surface area contributed by atoms with E-state index in [2.05, 4.69) is 60.3 Å². The molecule has 1 aliphatic carbocycles. The van der Waals surface area contributed by atoms with Crippen molar-refractivity contribution in [2.75, 3.05) is 0 Å². The number of carbonyl (C=O) groups is 1. The van der Waals surface area contributed by atoms with Crippen molar-refractivity contribution in [1.29, 1.82) is 0 Å². The van der Waals surface area contributed by atoms with Crippen molar-refractivity contribution >= 4 is 6.29 Å². The molecule has 0 bridgehead atoms. The van der Waals surface area contributed by atoms with Crippen molar-refractivity contribution < 1.29 is 4.79 Å². The van der Waals surface area contributed by atoms with Crippen molar-refractivity contribution in [1.82, 2.24) is 0 Å². The summed E-state index contributed by atoms with van der Waals surface area (Å²) in [6.07, 6.45) is 2.47. The zero-order valence-electron chi connectivity index (χ0n) is 12.9. The Morgan fingerprint density at radius 1 is 1.11 bits per heavy atom.